The van der Waals surface area contributed by atoms with Gasteiger partial charge < -0.3 is 20.4 Å². The number of hydrogen-bond acceptors (Lipinski definition) is 3. The number of piperazine rings is 1. The van der Waals surface area contributed by atoms with Crippen molar-refractivity contribution in [2.75, 3.05) is 51.7 Å². The molecule has 0 atom stereocenters. The van der Waals surface area contributed by atoms with Crippen molar-refractivity contribution in [3.63, 3.8) is 0 Å². The molecule has 23 heavy (non-hydrogen) atoms. The molecule has 1 aromatic carbocycles. The second-order valence-electron chi connectivity index (χ2n) is 5.73. The zero-order valence-electron chi connectivity index (χ0n) is 13.7. The fourth-order valence-electron chi connectivity index (χ4n) is 2.44. The van der Waals surface area contributed by atoms with Crippen molar-refractivity contribution >= 4 is 29.2 Å². The predicted octanol–water partition coefficient (Wildman–Crippen LogP) is 1.26. The van der Waals surface area contributed by atoms with Crippen molar-refractivity contribution in [1.82, 2.24) is 9.80 Å². The third-order valence-corrected chi connectivity index (χ3v) is 4.15. The molecule has 0 aliphatic carbocycles. The van der Waals surface area contributed by atoms with Crippen LogP contribution in [0.2, 0.25) is 5.02 Å². The Morgan fingerprint density at radius 1 is 1.22 bits per heavy atom. The van der Waals surface area contributed by atoms with Gasteiger partial charge in [0.05, 0.1) is 6.54 Å². The van der Waals surface area contributed by atoms with Gasteiger partial charge in [-0.2, -0.15) is 0 Å². The average molecular weight is 338 g/mol. The molecule has 1 aromatic rings. The number of carbonyl (C=O) groups excluding carboxylic acids is 1. The summed E-state index contributed by atoms with van der Waals surface area (Å²) in [6, 6.07) is 7.87. The van der Waals surface area contributed by atoms with E-state index in [0.717, 1.165) is 31.2 Å². The Hall–Kier alpha value is -1.95. The molecule has 1 heterocycles. The number of hydrogen-bond donors (Lipinski definition) is 1. The summed E-state index contributed by atoms with van der Waals surface area (Å²) in [6.45, 7) is 3.84. The van der Waals surface area contributed by atoms with Gasteiger partial charge in [-0.1, -0.05) is 11.6 Å². The van der Waals surface area contributed by atoms with Crippen LogP contribution < -0.4 is 10.6 Å². The summed E-state index contributed by atoms with van der Waals surface area (Å²) in [7, 11) is 3.48. The van der Waals surface area contributed by atoms with Crippen LogP contribution in [0.15, 0.2) is 29.3 Å². The molecule has 1 saturated heterocycles. The summed E-state index contributed by atoms with van der Waals surface area (Å²) in [4.78, 5) is 21.8. The first-order chi connectivity index (χ1) is 11.0. The molecule has 0 spiro atoms. The van der Waals surface area contributed by atoms with E-state index in [1.807, 2.05) is 24.3 Å². The standard InChI is InChI=1S/C16H24ClN5O/c1-20(2)15(23)7-8-19-16(18)22-11-9-21(10-12-22)14-5-3-13(17)4-6-14/h3-6H,7-12H2,1-2H3,(H2,18,19). The maximum Gasteiger partial charge on any atom is 0.223 e. The number of aliphatic imine (C=N–C) groups is 1. The van der Waals surface area contributed by atoms with Crippen molar-refractivity contribution in [3.05, 3.63) is 29.3 Å². The Balaban J connectivity index is 1.81. The molecule has 1 fully saturated rings. The highest BCUT2D eigenvalue weighted by Crippen LogP contribution is 2.19. The van der Waals surface area contributed by atoms with Gasteiger partial charge in [0, 0.05) is 57.4 Å². The number of amides is 1. The lowest BCUT2D eigenvalue weighted by Gasteiger charge is -2.36. The molecule has 1 amide bonds. The first-order valence-corrected chi connectivity index (χ1v) is 8.10. The summed E-state index contributed by atoms with van der Waals surface area (Å²) < 4.78 is 0. The maximum atomic E-state index is 11.5. The van der Waals surface area contributed by atoms with E-state index in [1.54, 1.807) is 19.0 Å². The first-order valence-electron chi connectivity index (χ1n) is 7.73. The molecular formula is C16H24ClN5O. The topological polar surface area (TPSA) is 65.2 Å². The van der Waals surface area contributed by atoms with Crippen LogP contribution in [0.1, 0.15) is 6.42 Å². The molecule has 0 aromatic heterocycles. The second-order valence-corrected chi connectivity index (χ2v) is 6.17. The quantitative estimate of drug-likeness (QED) is 0.663. The van der Waals surface area contributed by atoms with Crippen LogP contribution in [0.5, 0.6) is 0 Å². The first kappa shape index (κ1) is 17.4. The highest BCUT2D eigenvalue weighted by Gasteiger charge is 2.18. The Bertz CT molecular complexity index is 550. The fourth-order valence-corrected chi connectivity index (χ4v) is 2.56. The number of rotatable bonds is 4. The molecule has 2 N–H and O–H groups in total. The molecule has 1 aliphatic rings. The van der Waals surface area contributed by atoms with E-state index in [1.165, 1.54) is 5.69 Å². The summed E-state index contributed by atoms with van der Waals surface area (Å²) in [6.07, 6.45) is 0.387. The van der Waals surface area contributed by atoms with Crippen molar-refractivity contribution in [2.45, 2.75) is 6.42 Å². The van der Waals surface area contributed by atoms with Crippen LogP contribution in [0, 0.1) is 0 Å². The Morgan fingerprint density at radius 3 is 2.39 bits per heavy atom. The molecule has 0 saturated carbocycles. The zero-order valence-corrected chi connectivity index (χ0v) is 14.5. The van der Waals surface area contributed by atoms with E-state index in [0.29, 0.717) is 18.9 Å². The van der Waals surface area contributed by atoms with Crippen LogP contribution in [0.3, 0.4) is 0 Å². The minimum Gasteiger partial charge on any atom is -0.370 e. The lowest BCUT2D eigenvalue weighted by Crippen LogP contribution is -2.51. The van der Waals surface area contributed by atoms with Crippen LogP contribution in [-0.2, 0) is 4.79 Å². The van der Waals surface area contributed by atoms with Crippen LogP contribution in [0.4, 0.5) is 5.69 Å². The van der Waals surface area contributed by atoms with Gasteiger partial charge >= 0.3 is 0 Å². The number of benzene rings is 1. The third kappa shape index (κ3) is 5.03. The van der Waals surface area contributed by atoms with Gasteiger partial charge in [-0.05, 0) is 24.3 Å². The fraction of sp³-hybridized carbons (Fsp3) is 0.500. The van der Waals surface area contributed by atoms with E-state index in [-0.39, 0.29) is 5.91 Å². The van der Waals surface area contributed by atoms with Gasteiger partial charge in [-0.3, -0.25) is 9.79 Å². The molecule has 6 nitrogen and oxygen atoms in total. The predicted molar refractivity (Wildman–Crippen MR) is 95.0 cm³/mol. The van der Waals surface area contributed by atoms with Gasteiger partial charge in [-0.15, -0.1) is 0 Å². The van der Waals surface area contributed by atoms with Gasteiger partial charge in [-0.25, -0.2) is 0 Å². The molecular weight excluding hydrogens is 314 g/mol. The number of halogens is 1. The van der Waals surface area contributed by atoms with E-state index in [4.69, 9.17) is 17.3 Å². The van der Waals surface area contributed by atoms with Gasteiger partial charge in [0.25, 0.3) is 0 Å². The molecule has 126 valence electrons. The summed E-state index contributed by atoms with van der Waals surface area (Å²) in [5.41, 5.74) is 7.20. The SMILES string of the molecule is CN(C)C(=O)CCN=C(N)N1CCN(c2ccc(Cl)cc2)CC1. The van der Waals surface area contributed by atoms with Gasteiger partial charge in [0.15, 0.2) is 5.96 Å². The van der Waals surface area contributed by atoms with Crippen molar-refractivity contribution < 1.29 is 4.79 Å². The Morgan fingerprint density at radius 2 is 1.83 bits per heavy atom. The van der Waals surface area contributed by atoms with Crippen LogP contribution in [0.25, 0.3) is 0 Å². The van der Waals surface area contributed by atoms with Crippen molar-refractivity contribution in [2.24, 2.45) is 10.7 Å². The number of anilines is 1. The number of guanidine groups is 1. The summed E-state index contributed by atoms with van der Waals surface area (Å²) in [5, 5.41) is 0.746. The second kappa shape index (κ2) is 8.06. The van der Waals surface area contributed by atoms with Gasteiger partial charge in [0.1, 0.15) is 0 Å². The Kier molecular flexibility index (Phi) is 6.10. The van der Waals surface area contributed by atoms with Crippen molar-refractivity contribution in [1.29, 1.82) is 0 Å². The Labute approximate surface area is 142 Å². The number of nitrogens with two attached hydrogens (primary N) is 1. The summed E-state index contributed by atoms with van der Waals surface area (Å²) in [5.74, 6) is 0.585. The molecule has 2 rings (SSSR count). The van der Waals surface area contributed by atoms with E-state index in [2.05, 4.69) is 14.8 Å². The van der Waals surface area contributed by atoms with Crippen LogP contribution >= 0.6 is 11.6 Å². The minimum absolute atomic E-state index is 0.0640. The average Bonchev–Trinajstić information content (AvgIpc) is 2.55. The normalized spacial score (nSPS) is 15.7. The molecule has 0 unspecified atom stereocenters. The molecule has 7 heteroatoms. The maximum absolute atomic E-state index is 11.5. The lowest BCUT2D eigenvalue weighted by molar-refractivity contribution is -0.128. The molecule has 1 aliphatic heterocycles. The number of nitrogens with zero attached hydrogens (tertiary/aromatic N) is 4. The van der Waals surface area contributed by atoms with E-state index < -0.39 is 0 Å². The van der Waals surface area contributed by atoms with Crippen LogP contribution in [-0.4, -0.2) is 68.5 Å². The summed E-state index contributed by atoms with van der Waals surface area (Å²) >= 11 is 5.92. The smallest absolute Gasteiger partial charge is 0.223 e. The lowest BCUT2D eigenvalue weighted by atomic mass is 10.2. The molecule has 0 bridgehead atoms. The highest BCUT2D eigenvalue weighted by molar-refractivity contribution is 6.30. The highest BCUT2D eigenvalue weighted by atomic mass is 35.5. The zero-order chi connectivity index (χ0) is 16.8. The van der Waals surface area contributed by atoms with Crippen molar-refractivity contribution in [3.8, 4) is 0 Å². The van der Waals surface area contributed by atoms with E-state index >= 15 is 0 Å². The largest absolute Gasteiger partial charge is 0.370 e. The monoisotopic (exact) mass is 337 g/mol. The van der Waals surface area contributed by atoms with Gasteiger partial charge in [0.2, 0.25) is 5.91 Å². The number of carbonyl (C=O) groups is 1. The molecule has 0 radical (unpaired) electrons. The van der Waals surface area contributed by atoms with E-state index in [9.17, 15) is 4.79 Å². The third-order valence-electron chi connectivity index (χ3n) is 3.89. The minimum atomic E-state index is 0.0640.